The van der Waals surface area contributed by atoms with Crippen LogP contribution in [0.4, 0.5) is 10.2 Å². The molecule has 0 amide bonds. The third-order valence-electron chi connectivity index (χ3n) is 5.01. The normalized spacial score (nSPS) is 11.8. The van der Waals surface area contributed by atoms with Crippen molar-refractivity contribution >= 4 is 17.4 Å². The number of aromatic nitrogens is 2. The van der Waals surface area contributed by atoms with Crippen molar-refractivity contribution in [2.75, 3.05) is 11.9 Å². The van der Waals surface area contributed by atoms with Crippen LogP contribution in [0.2, 0.25) is 5.02 Å². The maximum atomic E-state index is 14.1. The van der Waals surface area contributed by atoms with Gasteiger partial charge in [0.25, 0.3) is 0 Å². The Kier molecular flexibility index (Phi) is 6.55. The predicted octanol–water partition coefficient (Wildman–Crippen LogP) is 5.59. The zero-order valence-corrected chi connectivity index (χ0v) is 17.6. The van der Waals surface area contributed by atoms with E-state index in [0.29, 0.717) is 17.9 Å². The predicted molar refractivity (Wildman–Crippen MR) is 124 cm³/mol. The molecule has 1 atom stereocenters. The van der Waals surface area contributed by atoms with Crippen molar-refractivity contribution in [1.29, 1.82) is 0 Å². The molecule has 0 saturated carbocycles. The van der Waals surface area contributed by atoms with Crippen LogP contribution >= 0.6 is 11.6 Å². The average Bonchev–Trinajstić information content (AvgIpc) is 2.81. The van der Waals surface area contributed by atoms with E-state index in [1.165, 1.54) is 11.6 Å². The van der Waals surface area contributed by atoms with Gasteiger partial charge in [-0.15, -0.1) is 0 Å². The van der Waals surface area contributed by atoms with Gasteiger partial charge in [0.05, 0.1) is 5.02 Å². The molecule has 0 spiro atoms. The van der Waals surface area contributed by atoms with Crippen molar-refractivity contribution in [3.63, 3.8) is 0 Å². The Balaban J connectivity index is 1.59. The van der Waals surface area contributed by atoms with E-state index in [1.807, 2.05) is 36.4 Å². The van der Waals surface area contributed by atoms with Crippen LogP contribution in [0, 0.1) is 5.82 Å². The fraction of sp³-hybridized carbons (Fsp3) is 0.120. The van der Waals surface area contributed by atoms with E-state index in [0.717, 1.165) is 23.1 Å². The summed E-state index contributed by atoms with van der Waals surface area (Å²) in [5.74, 6) is 0.238. The van der Waals surface area contributed by atoms with Crippen molar-refractivity contribution < 1.29 is 4.39 Å². The molecule has 31 heavy (non-hydrogen) atoms. The van der Waals surface area contributed by atoms with E-state index >= 15 is 0 Å². The van der Waals surface area contributed by atoms with Gasteiger partial charge >= 0.3 is 0 Å². The van der Waals surface area contributed by atoms with Crippen LogP contribution < -0.4 is 11.1 Å². The van der Waals surface area contributed by atoms with Gasteiger partial charge in [0.2, 0.25) is 0 Å². The third kappa shape index (κ3) is 5.26. The summed E-state index contributed by atoms with van der Waals surface area (Å²) in [6.45, 7) is 0.576. The van der Waals surface area contributed by atoms with Gasteiger partial charge in [-0.25, -0.2) is 9.37 Å². The molecular weight excluding hydrogens is 411 g/mol. The summed E-state index contributed by atoms with van der Waals surface area (Å²) < 4.78 is 14.1. The fourth-order valence-electron chi connectivity index (χ4n) is 3.44. The highest BCUT2D eigenvalue weighted by Crippen LogP contribution is 2.34. The quantitative estimate of drug-likeness (QED) is 0.400. The van der Waals surface area contributed by atoms with Crippen molar-refractivity contribution in [3.05, 3.63) is 102 Å². The number of pyridine rings is 2. The lowest BCUT2D eigenvalue weighted by Crippen LogP contribution is -2.31. The molecule has 2 aromatic carbocycles. The van der Waals surface area contributed by atoms with Crippen molar-refractivity contribution in [1.82, 2.24) is 9.97 Å². The van der Waals surface area contributed by atoms with Gasteiger partial charge in [-0.05, 0) is 59.0 Å². The summed E-state index contributed by atoms with van der Waals surface area (Å²) in [4.78, 5) is 8.63. The van der Waals surface area contributed by atoms with Gasteiger partial charge in [-0.3, -0.25) is 4.98 Å². The first kappa shape index (κ1) is 21.0. The Morgan fingerprint density at radius 3 is 2.45 bits per heavy atom. The second-order valence-electron chi connectivity index (χ2n) is 7.31. The number of nitrogens with one attached hydrogen (secondary N) is 1. The highest BCUT2D eigenvalue weighted by atomic mass is 35.5. The molecule has 4 aromatic rings. The Hall–Kier alpha value is -3.28. The Bertz CT molecular complexity index is 1150. The van der Waals surface area contributed by atoms with Crippen molar-refractivity contribution in [3.8, 4) is 22.3 Å². The van der Waals surface area contributed by atoms with E-state index < -0.39 is 5.82 Å². The Morgan fingerprint density at radius 1 is 0.935 bits per heavy atom. The van der Waals surface area contributed by atoms with Crippen molar-refractivity contribution in [2.24, 2.45) is 5.73 Å². The highest BCUT2D eigenvalue weighted by Gasteiger charge is 2.13. The summed E-state index contributed by atoms with van der Waals surface area (Å²) in [5.41, 5.74) is 10.9. The minimum absolute atomic E-state index is 0.0568. The molecule has 0 bridgehead atoms. The van der Waals surface area contributed by atoms with E-state index in [1.54, 1.807) is 30.7 Å². The molecule has 1 unspecified atom stereocenters. The van der Waals surface area contributed by atoms with Crippen LogP contribution in [0.5, 0.6) is 0 Å². The zero-order valence-electron chi connectivity index (χ0n) is 16.8. The number of rotatable bonds is 7. The topological polar surface area (TPSA) is 63.8 Å². The van der Waals surface area contributed by atoms with Crippen LogP contribution in [0.1, 0.15) is 5.56 Å². The second kappa shape index (κ2) is 9.69. The molecular formula is C25H22ClFN4. The Labute approximate surface area is 185 Å². The molecule has 0 fully saturated rings. The molecule has 0 aliphatic carbocycles. The first-order chi connectivity index (χ1) is 15.1. The SMILES string of the molecule is NC(CNc1cc(-c2ccncc2)c(-c2ccc(Cl)c(F)c2)cn1)Cc1ccccc1. The molecule has 0 radical (unpaired) electrons. The van der Waals surface area contributed by atoms with Crippen LogP contribution in [0.3, 0.4) is 0 Å². The van der Waals surface area contributed by atoms with Gasteiger partial charge in [-0.1, -0.05) is 48.0 Å². The molecule has 4 nitrogen and oxygen atoms in total. The number of hydrogen-bond donors (Lipinski definition) is 2. The monoisotopic (exact) mass is 432 g/mol. The summed E-state index contributed by atoms with van der Waals surface area (Å²) in [6.07, 6.45) is 5.96. The molecule has 156 valence electrons. The number of nitrogens with zero attached hydrogens (tertiary/aromatic N) is 2. The smallest absolute Gasteiger partial charge is 0.142 e. The molecule has 2 heterocycles. The number of benzene rings is 2. The van der Waals surface area contributed by atoms with Crippen molar-refractivity contribution in [2.45, 2.75) is 12.5 Å². The fourth-order valence-corrected chi connectivity index (χ4v) is 3.56. The maximum absolute atomic E-state index is 14.1. The molecule has 0 saturated heterocycles. The molecule has 6 heteroatoms. The summed E-state index contributed by atoms with van der Waals surface area (Å²) >= 11 is 5.86. The number of halogens is 2. The zero-order chi connectivity index (χ0) is 21.6. The largest absolute Gasteiger partial charge is 0.368 e. The third-order valence-corrected chi connectivity index (χ3v) is 5.32. The van der Waals surface area contributed by atoms with E-state index in [4.69, 9.17) is 17.3 Å². The minimum atomic E-state index is -0.464. The number of nitrogens with two attached hydrogens (primary N) is 1. The van der Waals surface area contributed by atoms with Crippen LogP contribution in [0.25, 0.3) is 22.3 Å². The molecule has 4 rings (SSSR count). The number of anilines is 1. The molecule has 0 aliphatic rings. The average molecular weight is 433 g/mol. The summed E-state index contributed by atoms with van der Waals surface area (Å²) in [7, 11) is 0. The summed E-state index contributed by atoms with van der Waals surface area (Å²) in [5, 5.41) is 3.42. The van der Waals surface area contributed by atoms with Gasteiger partial charge in [0, 0.05) is 36.7 Å². The lowest BCUT2D eigenvalue weighted by atomic mass is 9.97. The first-order valence-electron chi connectivity index (χ1n) is 9.99. The van der Waals surface area contributed by atoms with Gasteiger partial charge < -0.3 is 11.1 Å². The van der Waals surface area contributed by atoms with E-state index in [-0.39, 0.29) is 11.1 Å². The van der Waals surface area contributed by atoms with Crippen LogP contribution in [0.15, 0.2) is 85.3 Å². The minimum Gasteiger partial charge on any atom is -0.368 e. The number of hydrogen-bond acceptors (Lipinski definition) is 4. The molecule has 3 N–H and O–H groups in total. The lowest BCUT2D eigenvalue weighted by molar-refractivity contribution is 0.629. The molecule has 0 aliphatic heterocycles. The summed E-state index contributed by atoms with van der Waals surface area (Å²) in [6, 6.07) is 20.6. The molecule has 2 aromatic heterocycles. The van der Waals surface area contributed by atoms with Gasteiger partial charge in [0.1, 0.15) is 11.6 Å². The highest BCUT2D eigenvalue weighted by molar-refractivity contribution is 6.30. The van der Waals surface area contributed by atoms with Gasteiger partial charge in [-0.2, -0.15) is 0 Å². The van der Waals surface area contributed by atoms with Crippen LogP contribution in [-0.4, -0.2) is 22.6 Å². The van der Waals surface area contributed by atoms with Gasteiger partial charge in [0.15, 0.2) is 0 Å². The Morgan fingerprint density at radius 2 is 1.71 bits per heavy atom. The lowest BCUT2D eigenvalue weighted by Gasteiger charge is -2.16. The first-order valence-corrected chi connectivity index (χ1v) is 10.4. The van der Waals surface area contributed by atoms with E-state index in [2.05, 4.69) is 27.4 Å². The van der Waals surface area contributed by atoms with Crippen LogP contribution in [-0.2, 0) is 6.42 Å². The standard InChI is InChI=1S/C25H22ClFN4/c26-23-7-6-19(13-24(23)27)22-16-31-25(14-21(22)18-8-10-29-11-9-18)30-15-20(28)12-17-4-2-1-3-5-17/h1-11,13-14,16,20H,12,15,28H2,(H,30,31). The second-order valence-corrected chi connectivity index (χ2v) is 7.72. The maximum Gasteiger partial charge on any atom is 0.142 e. The van der Waals surface area contributed by atoms with E-state index in [9.17, 15) is 4.39 Å².